The summed E-state index contributed by atoms with van der Waals surface area (Å²) in [6.07, 6.45) is 2.52. The van der Waals surface area contributed by atoms with Crippen LogP contribution in [0.1, 0.15) is 40.6 Å². The van der Waals surface area contributed by atoms with Gasteiger partial charge in [-0.3, -0.25) is 9.59 Å². The van der Waals surface area contributed by atoms with E-state index < -0.39 is 0 Å². The molecular formula is C21H26N2O2S. The highest BCUT2D eigenvalue weighted by molar-refractivity contribution is 7.12. The van der Waals surface area contributed by atoms with Crippen molar-refractivity contribution in [3.63, 3.8) is 0 Å². The number of rotatable bonds is 5. The van der Waals surface area contributed by atoms with E-state index in [9.17, 15) is 9.59 Å². The van der Waals surface area contributed by atoms with Crippen LogP contribution in [0.15, 0.2) is 41.8 Å². The summed E-state index contributed by atoms with van der Waals surface area (Å²) in [6.45, 7) is 4.09. The molecule has 0 saturated carbocycles. The van der Waals surface area contributed by atoms with Gasteiger partial charge >= 0.3 is 0 Å². The topological polar surface area (TPSA) is 40.6 Å². The molecule has 5 heteroatoms. The number of amides is 2. The smallest absolute Gasteiger partial charge is 0.263 e. The van der Waals surface area contributed by atoms with Crippen molar-refractivity contribution in [2.75, 3.05) is 20.1 Å². The Morgan fingerprint density at radius 1 is 1.12 bits per heavy atom. The van der Waals surface area contributed by atoms with Crippen molar-refractivity contribution in [2.45, 2.75) is 32.7 Å². The number of hydrogen-bond acceptors (Lipinski definition) is 3. The van der Waals surface area contributed by atoms with Crippen molar-refractivity contribution in [2.24, 2.45) is 5.92 Å². The lowest BCUT2D eigenvalue weighted by Crippen LogP contribution is -2.43. The maximum absolute atomic E-state index is 12.8. The number of likely N-dealkylation sites (tertiary alicyclic amines) is 1. The second-order valence-electron chi connectivity index (χ2n) is 6.91. The minimum absolute atomic E-state index is 0.0160. The third-order valence-corrected chi connectivity index (χ3v) is 5.95. The van der Waals surface area contributed by atoms with Crippen LogP contribution in [0.5, 0.6) is 0 Å². The van der Waals surface area contributed by atoms with Gasteiger partial charge in [0.1, 0.15) is 0 Å². The lowest BCUT2D eigenvalue weighted by molar-refractivity contribution is -0.136. The van der Waals surface area contributed by atoms with Crippen molar-refractivity contribution < 1.29 is 9.59 Å². The van der Waals surface area contributed by atoms with Crippen LogP contribution in [0, 0.1) is 5.92 Å². The van der Waals surface area contributed by atoms with Crippen molar-refractivity contribution in [1.82, 2.24) is 9.80 Å². The number of hydrogen-bond donors (Lipinski definition) is 0. The summed E-state index contributed by atoms with van der Waals surface area (Å²) in [5.41, 5.74) is 2.47. The Labute approximate surface area is 159 Å². The molecule has 1 fully saturated rings. The van der Waals surface area contributed by atoms with Gasteiger partial charge in [-0.2, -0.15) is 0 Å². The fourth-order valence-corrected chi connectivity index (χ4v) is 4.12. The third-order valence-electron chi connectivity index (χ3n) is 5.09. The molecule has 26 heavy (non-hydrogen) atoms. The highest BCUT2D eigenvalue weighted by Gasteiger charge is 2.29. The zero-order valence-electron chi connectivity index (χ0n) is 15.5. The van der Waals surface area contributed by atoms with Crippen LogP contribution in [0.2, 0.25) is 0 Å². The Balaban J connectivity index is 1.51. The van der Waals surface area contributed by atoms with E-state index in [1.807, 2.05) is 34.4 Å². The summed E-state index contributed by atoms with van der Waals surface area (Å²) in [7, 11) is 1.87. The van der Waals surface area contributed by atoms with Crippen LogP contribution in [-0.2, 0) is 17.8 Å². The van der Waals surface area contributed by atoms with Crippen molar-refractivity contribution in [1.29, 1.82) is 0 Å². The molecule has 4 nitrogen and oxygen atoms in total. The van der Waals surface area contributed by atoms with E-state index in [-0.39, 0.29) is 17.7 Å². The zero-order chi connectivity index (χ0) is 18.5. The normalized spacial score (nSPS) is 15.1. The number of piperidine rings is 1. The van der Waals surface area contributed by atoms with Crippen LogP contribution in [0.3, 0.4) is 0 Å². The molecule has 2 amide bonds. The number of thiophene rings is 1. The van der Waals surface area contributed by atoms with E-state index in [4.69, 9.17) is 0 Å². The SMILES string of the molecule is CCc1ccc(CN(C)C(=O)C2CCN(C(=O)c3cccs3)CC2)cc1. The van der Waals surface area contributed by atoms with Gasteiger partial charge in [-0.1, -0.05) is 37.3 Å². The minimum Gasteiger partial charge on any atom is -0.341 e. The Morgan fingerprint density at radius 2 is 1.77 bits per heavy atom. The number of carbonyl (C=O) groups is 2. The third kappa shape index (κ3) is 4.33. The van der Waals surface area contributed by atoms with E-state index >= 15 is 0 Å². The Hall–Kier alpha value is -2.14. The van der Waals surface area contributed by atoms with Crippen molar-refractivity contribution >= 4 is 23.2 Å². The Kier molecular flexibility index (Phi) is 6.09. The molecule has 2 aromatic rings. The molecule has 1 aliphatic rings. The van der Waals surface area contributed by atoms with Gasteiger partial charge in [-0.15, -0.1) is 11.3 Å². The molecule has 138 valence electrons. The molecule has 1 aliphatic heterocycles. The molecule has 0 N–H and O–H groups in total. The summed E-state index contributed by atoms with van der Waals surface area (Å²) >= 11 is 1.47. The minimum atomic E-state index is 0.0160. The van der Waals surface area contributed by atoms with Gasteiger partial charge in [0.2, 0.25) is 5.91 Å². The second-order valence-corrected chi connectivity index (χ2v) is 7.86. The first-order valence-corrected chi connectivity index (χ1v) is 10.1. The quantitative estimate of drug-likeness (QED) is 0.803. The highest BCUT2D eigenvalue weighted by atomic mass is 32.1. The lowest BCUT2D eigenvalue weighted by atomic mass is 9.95. The largest absolute Gasteiger partial charge is 0.341 e. The lowest BCUT2D eigenvalue weighted by Gasteiger charge is -2.33. The summed E-state index contributed by atoms with van der Waals surface area (Å²) in [5.74, 6) is 0.297. The van der Waals surface area contributed by atoms with Gasteiger partial charge < -0.3 is 9.80 Å². The van der Waals surface area contributed by atoms with Gasteiger partial charge in [0, 0.05) is 32.6 Å². The number of carbonyl (C=O) groups excluding carboxylic acids is 2. The molecule has 1 aromatic carbocycles. The molecule has 0 aliphatic carbocycles. The first-order valence-electron chi connectivity index (χ1n) is 9.24. The van der Waals surface area contributed by atoms with Crippen LogP contribution in [-0.4, -0.2) is 41.8 Å². The average molecular weight is 371 g/mol. The van der Waals surface area contributed by atoms with Crippen LogP contribution in [0.25, 0.3) is 0 Å². The molecule has 2 heterocycles. The molecule has 0 bridgehead atoms. The van der Waals surface area contributed by atoms with E-state index in [1.54, 1.807) is 0 Å². The molecule has 3 rings (SSSR count). The van der Waals surface area contributed by atoms with Gasteiger partial charge in [0.05, 0.1) is 4.88 Å². The maximum Gasteiger partial charge on any atom is 0.263 e. The second kappa shape index (κ2) is 8.49. The summed E-state index contributed by atoms with van der Waals surface area (Å²) in [5, 5.41) is 1.92. The summed E-state index contributed by atoms with van der Waals surface area (Å²) in [4.78, 5) is 29.6. The first-order chi connectivity index (χ1) is 12.6. The van der Waals surface area contributed by atoms with Gasteiger partial charge in [-0.05, 0) is 41.8 Å². The standard InChI is InChI=1S/C21H26N2O2S/c1-3-16-6-8-17(9-7-16)15-22(2)20(24)18-10-12-23(13-11-18)21(25)19-5-4-14-26-19/h4-9,14,18H,3,10-13,15H2,1-2H3. The Morgan fingerprint density at radius 3 is 2.35 bits per heavy atom. The maximum atomic E-state index is 12.8. The number of aryl methyl sites for hydroxylation is 1. The molecule has 0 unspecified atom stereocenters. The van der Waals surface area contributed by atoms with E-state index in [0.717, 1.165) is 29.7 Å². The summed E-state index contributed by atoms with van der Waals surface area (Å²) < 4.78 is 0. The van der Waals surface area contributed by atoms with Crippen molar-refractivity contribution in [3.05, 3.63) is 57.8 Å². The molecule has 1 saturated heterocycles. The fraction of sp³-hybridized carbons (Fsp3) is 0.429. The fourth-order valence-electron chi connectivity index (χ4n) is 3.43. The molecular weight excluding hydrogens is 344 g/mol. The van der Waals surface area contributed by atoms with Crippen LogP contribution in [0.4, 0.5) is 0 Å². The highest BCUT2D eigenvalue weighted by Crippen LogP contribution is 2.23. The van der Waals surface area contributed by atoms with Gasteiger partial charge in [0.15, 0.2) is 0 Å². The van der Waals surface area contributed by atoms with E-state index in [0.29, 0.717) is 19.6 Å². The number of nitrogens with zero attached hydrogens (tertiary/aromatic N) is 2. The molecule has 0 atom stereocenters. The van der Waals surface area contributed by atoms with E-state index in [1.165, 1.54) is 16.9 Å². The van der Waals surface area contributed by atoms with Gasteiger partial charge in [0.25, 0.3) is 5.91 Å². The Bertz CT molecular complexity index is 732. The summed E-state index contributed by atoms with van der Waals surface area (Å²) in [6, 6.07) is 12.2. The van der Waals surface area contributed by atoms with Crippen LogP contribution >= 0.6 is 11.3 Å². The van der Waals surface area contributed by atoms with Crippen molar-refractivity contribution in [3.8, 4) is 0 Å². The average Bonchev–Trinajstić information content (AvgIpc) is 3.22. The number of benzene rings is 1. The first kappa shape index (κ1) is 18.6. The molecule has 0 radical (unpaired) electrons. The van der Waals surface area contributed by atoms with Gasteiger partial charge in [-0.25, -0.2) is 0 Å². The molecule has 1 aromatic heterocycles. The zero-order valence-corrected chi connectivity index (χ0v) is 16.3. The monoisotopic (exact) mass is 370 g/mol. The predicted molar refractivity (Wildman–Crippen MR) is 105 cm³/mol. The molecule has 0 spiro atoms. The van der Waals surface area contributed by atoms with E-state index in [2.05, 4.69) is 31.2 Å². The van der Waals surface area contributed by atoms with Crippen LogP contribution < -0.4 is 0 Å². The predicted octanol–water partition coefficient (Wildman–Crippen LogP) is 3.82.